The van der Waals surface area contributed by atoms with Gasteiger partial charge in [-0.1, -0.05) is 6.92 Å². The van der Waals surface area contributed by atoms with Crippen LogP contribution in [0.1, 0.15) is 12.6 Å². The second kappa shape index (κ2) is 6.80. The second-order valence-electron chi connectivity index (χ2n) is 4.67. The maximum atomic E-state index is 12.4. The summed E-state index contributed by atoms with van der Waals surface area (Å²) in [5.74, 6) is 0. The number of sulfonamides is 1. The lowest BCUT2D eigenvalue weighted by Gasteiger charge is -2.06. The minimum absolute atomic E-state index is 0.274. The summed E-state index contributed by atoms with van der Waals surface area (Å²) in [6.45, 7) is 3.50. The molecule has 0 spiro atoms. The Hall–Kier alpha value is -1.06. The van der Waals surface area contributed by atoms with Crippen molar-refractivity contribution in [2.45, 2.75) is 18.4 Å². The number of anilines is 1. The summed E-state index contributed by atoms with van der Waals surface area (Å²) < 4.78 is 30.2. The zero-order chi connectivity index (χ0) is 15.5. The van der Waals surface area contributed by atoms with Gasteiger partial charge in [-0.15, -0.1) is 0 Å². The summed E-state index contributed by atoms with van der Waals surface area (Å²) in [7, 11) is -1.71. The highest BCUT2D eigenvalue weighted by atomic mass is 127. The maximum absolute atomic E-state index is 12.4. The van der Waals surface area contributed by atoms with Gasteiger partial charge in [-0.2, -0.15) is 0 Å². The van der Waals surface area contributed by atoms with E-state index in [9.17, 15) is 8.42 Å². The van der Waals surface area contributed by atoms with Crippen molar-refractivity contribution in [1.29, 1.82) is 0 Å². The highest BCUT2D eigenvalue weighted by Gasteiger charge is 2.17. The van der Waals surface area contributed by atoms with Gasteiger partial charge in [0.05, 0.1) is 0 Å². The van der Waals surface area contributed by atoms with E-state index in [1.54, 1.807) is 24.4 Å². The molecule has 2 aromatic rings. The first-order valence-corrected chi connectivity index (χ1v) is 9.13. The molecule has 0 radical (unpaired) electrons. The van der Waals surface area contributed by atoms with Crippen LogP contribution in [-0.2, 0) is 23.6 Å². The van der Waals surface area contributed by atoms with Crippen LogP contribution in [0.3, 0.4) is 0 Å². The molecule has 1 heterocycles. The second-order valence-corrected chi connectivity index (χ2v) is 7.60. The first-order valence-electron chi connectivity index (χ1n) is 6.56. The fraction of sp³-hybridized carbons (Fsp3) is 0.286. The van der Waals surface area contributed by atoms with Crippen LogP contribution in [-0.4, -0.2) is 19.5 Å². The van der Waals surface area contributed by atoms with E-state index in [-0.39, 0.29) is 4.90 Å². The zero-order valence-electron chi connectivity index (χ0n) is 11.9. The molecule has 0 saturated carbocycles. The third-order valence-corrected chi connectivity index (χ3v) is 5.11. The number of nitrogens with zero attached hydrogens (tertiary/aromatic N) is 1. The molecule has 0 amide bonds. The van der Waals surface area contributed by atoms with Gasteiger partial charge in [-0.05, 0) is 59.5 Å². The molecule has 7 heteroatoms. The highest BCUT2D eigenvalue weighted by Crippen LogP contribution is 2.19. The number of rotatable bonds is 6. The van der Waals surface area contributed by atoms with Crippen LogP contribution in [0.2, 0.25) is 0 Å². The molecule has 21 heavy (non-hydrogen) atoms. The Morgan fingerprint density at radius 3 is 2.52 bits per heavy atom. The lowest BCUT2D eigenvalue weighted by Crippen LogP contribution is -2.14. The monoisotopic (exact) mass is 419 g/mol. The first kappa shape index (κ1) is 16.3. The molecule has 0 aliphatic rings. The number of hydrogen-bond donors (Lipinski definition) is 2. The maximum Gasteiger partial charge on any atom is 0.263 e. The van der Waals surface area contributed by atoms with E-state index in [1.165, 1.54) is 0 Å². The van der Waals surface area contributed by atoms with Crippen molar-refractivity contribution in [2.24, 2.45) is 7.05 Å². The molecule has 114 valence electrons. The van der Waals surface area contributed by atoms with Gasteiger partial charge in [-0.25, -0.2) is 8.42 Å². The van der Waals surface area contributed by atoms with Gasteiger partial charge in [0.1, 0.15) is 4.90 Å². The first-order chi connectivity index (χ1) is 9.92. The van der Waals surface area contributed by atoms with Crippen molar-refractivity contribution < 1.29 is 8.42 Å². The Labute approximate surface area is 138 Å². The fourth-order valence-electron chi connectivity index (χ4n) is 1.88. The van der Waals surface area contributed by atoms with Gasteiger partial charge in [0, 0.05) is 34.7 Å². The minimum atomic E-state index is -3.55. The van der Waals surface area contributed by atoms with Crippen LogP contribution in [0.25, 0.3) is 0 Å². The summed E-state index contributed by atoms with van der Waals surface area (Å²) in [4.78, 5) is 0.274. The van der Waals surface area contributed by atoms with E-state index < -0.39 is 10.0 Å². The summed E-state index contributed by atoms with van der Waals surface area (Å²) in [6.07, 6.45) is 1.63. The van der Waals surface area contributed by atoms with Crippen LogP contribution in [0.5, 0.6) is 0 Å². The molecule has 2 rings (SSSR count). The number of aryl methyl sites for hydroxylation is 1. The molecular formula is C14H18IN3O2S. The quantitative estimate of drug-likeness (QED) is 0.708. The minimum Gasteiger partial charge on any atom is -0.352 e. The zero-order valence-corrected chi connectivity index (χ0v) is 14.9. The summed E-state index contributed by atoms with van der Waals surface area (Å²) in [5.41, 5.74) is 1.49. The Morgan fingerprint density at radius 1 is 1.24 bits per heavy atom. The van der Waals surface area contributed by atoms with E-state index in [1.807, 2.05) is 30.7 Å². The van der Waals surface area contributed by atoms with Crippen molar-refractivity contribution in [3.05, 3.63) is 45.8 Å². The largest absolute Gasteiger partial charge is 0.352 e. The lowest BCUT2D eigenvalue weighted by atomic mass is 10.3. The van der Waals surface area contributed by atoms with Crippen LogP contribution in [0.15, 0.2) is 41.4 Å². The molecule has 0 saturated heterocycles. The molecule has 1 aromatic heterocycles. The average molecular weight is 419 g/mol. The van der Waals surface area contributed by atoms with Crippen LogP contribution >= 0.6 is 22.6 Å². The average Bonchev–Trinajstić information content (AvgIpc) is 2.81. The van der Waals surface area contributed by atoms with E-state index in [4.69, 9.17) is 0 Å². The third-order valence-electron chi connectivity index (χ3n) is 3.05. The van der Waals surface area contributed by atoms with Crippen molar-refractivity contribution >= 4 is 38.3 Å². The highest BCUT2D eigenvalue weighted by molar-refractivity contribution is 14.1. The molecule has 0 fully saturated rings. The number of nitrogens with one attached hydrogen (secondary N) is 2. The number of halogens is 1. The fourth-order valence-corrected chi connectivity index (χ4v) is 3.40. The smallest absolute Gasteiger partial charge is 0.263 e. The predicted molar refractivity (Wildman–Crippen MR) is 92.8 cm³/mol. The van der Waals surface area contributed by atoms with E-state index in [0.29, 0.717) is 12.2 Å². The van der Waals surface area contributed by atoms with Crippen molar-refractivity contribution in [3.63, 3.8) is 0 Å². The predicted octanol–water partition coefficient (Wildman–Crippen LogP) is 2.54. The molecule has 0 bridgehead atoms. The molecule has 0 aliphatic heterocycles. The summed E-state index contributed by atoms with van der Waals surface area (Å²) >= 11 is 2.18. The summed E-state index contributed by atoms with van der Waals surface area (Å²) in [6, 6.07) is 8.92. The normalized spacial score (nSPS) is 11.6. The molecule has 2 N–H and O–H groups in total. The SMILES string of the molecule is CCNCc1cc(S(=O)(=O)Nc2ccc(I)cc2)cn1C. The Kier molecular flexibility index (Phi) is 5.28. The standard InChI is InChI=1S/C14H18IN3O2S/c1-3-16-9-13-8-14(10-18(13)2)21(19,20)17-12-6-4-11(15)5-7-12/h4-8,10,16-17H,3,9H2,1-2H3. The van der Waals surface area contributed by atoms with Gasteiger partial charge >= 0.3 is 0 Å². The molecule has 1 aromatic carbocycles. The van der Waals surface area contributed by atoms with Crippen molar-refractivity contribution in [2.75, 3.05) is 11.3 Å². The topological polar surface area (TPSA) is 63.1 Å². The van der Waals surface area contributed by atoms with Crippen LogP contribution in [0, 0.1) is 3.57 Å². The summed E-state index contributed by atoms with van der Waals surface area (Å²) in [5, 5.41) is 3.19. The van der Waals surface area contributed by atoms with Gasteiger partial charge in [0.25, 0.3) is 10.0 Å². The number of benzene rings is 1. The lowest BCUT2D eigenvalue weighted by molar-refractivity contribution is 0.601. The number of aromatic nitrogens is 1. The molecule has 0 aliphatic carbocycles. The van der Waals surface area contributed by atoms with Crippen LogP contribution in [0.4, 0.5) is 5.69 Å². The van der Waals surface area contributed by atoms with Gasteiger partial charge < -0.3 is 9.88 Å². The van der Waals surface area contributed by atoms with Gasteiger partial charge in [-0.3, -0.25) is 4.72 Å². The third kappa shape index (κ3) is 4.21. The van der Waals surface area contributed by atoms with Crippen molar-refractivity contribution in [1.82, 2.24) is 9.88 Å². The van der Waals surface area contributed by atoms with E-state index in [2.05, 4.69) is 32.6 Å². The Bertz CT molecular complexity index is 708. The van der Waals surface area contributed by atoms with Crippen molar-refractivity contribution in [3.8, 4) is 0 Å². The molecule has 0 atom stereocenters. The van der Waals surface area contributed by atoms with Crippen LogP contribution < -0.4 is 10.0 Å². The molecular weight excluding hydrogens is 401 g/mol. The van der Waals surface area contributed by atoms with Gasteiger partial charge in [0.2, 0.25) is 0 Å². The Morgan fingerprint density at radius 2 is 1.90 bits per heavy atom. The Balaban J connectivity index is 2.21. The number of hydrogen-bond acceptors (Lipinski definition) is 3. The van der Waals surface area contributed by atoms with Gasteiger partial charge in [0.15, 0.2) is 0 Å². The van der Waals surface area contributed by atoms with E-state index >= 15 is 0 Å². The molecule has 5 nitrogen and oxygen atoms in total. The molecule has 0 unspecified atom stereocenters. The van der Waals surface area contributed by atoms with E-state index in [0.717, 1.165) is 15.8 Å².